The van der Waals surface area contributed by atoms with E-state index in [0.29, 0.717) is 0 Å². The predicted octanol–water partition coefficient (Wildman–Crippen LogP) is 1.85. The molecule has 4 heteroatoms. The van der Waals surface area contributed by atoms with Crippen LogP contribution >= 0.6 is 0 Å². The van der Waals surface area contributed by atoms with Crippen molar-refractivity contribution in [1.29, 1.82) is 0 Å². The first-order chi connectivity index (χ1) is 8.90. The lowest BCUT2D eigenvalue weighted by Crippen LogP contribution is -2.51. The van der Waals surface area contributed by atoms with Crippen LogP contribution in [0.2, 0.25) is 0 Å². The molecule has 2 heterocycles. The van der Waals surface area contributed by atoms with E-state index in [1.807, 2.05) is 18.3 Å². The van der Waals surface area contributed by atoms with Gasteiger partial charge >= 0.3 is 0 Å². The summed E-state index contributed by atoms with van der Waals surface area (Å²) in [5.74, 6) is 0. The van der Waals surface area contributed by atoms with Gasteiger partial charge in [-0.2, -0.15) is 0 Å². The molecular formula is C14H23N3O. The van der Waals surface area contributed by atoms with Gasteiger partial charge in [0.15, 0.2) is 0 Å². The van der Waals surface area contributed by atoms with Gasteiger partial charge in [-0.15, -0.1) is 0 Å². The fraction of sp³-hybridized carbons (Fsp3) is 0.643. The van der Waals surface area contributed by atoms with Crippen LogP contribution in [0.15, 0.2) is 24.4 Å². The second-order valence-electron chi connectivity index (χ2n) is 4.70. The standard InChI is InChI=1S/C14H23N3O/c1-2-3-6-9-18-14-11-15-10-13(17-14)12-7-4-5-8-16-12/h4-5,7-8,13-15,17H,2-3,6,9-11H2,1H3. The molecule has 1 fully saturated rings. The van der Waals surface area contributed by atoms with Gasteiger partial charge in [0, 0.05) is 25.9 Å². The van der Waals surface area contributed by atoms with Gasteiger partial charge in [-0.05, 0) is 18.6 Å². The summed E-state index contributed by atoms with van der Waals surface area (Å²) in [6, 6.07) is 6.27. The van der Waals surface area contributed by atoms with Crippen LogP contribution in [0.1, 0.15) is 37.9 Å². The van der Waals surface area contributed by atoms with Crippen LogP contribution in [0.3, 0.4) is 0 Å². The lowest BCUT2D eigenvalue weighted by molar-refractivity contribution is 0.00663. The fourth-order valence-corrected chi connectivity index (χ4v) is 2.16. The first-order valence-electron chi connectivity index (χ1n) is 6.89. The van der Waals surface area contributed by atoms with E-state index >= 15 is 0 Å². The number of piperazine rings is 1. The topological polar surface area (TPSA) is 46.2 Å². The van der Waals surface area contributed by atoms with Gasteiger partial charge in [0.25, 0.3) is 0 Å². The SMILES string of the molecule is CCCCCOC1CNCC(c2ccccn2)N1. The Labute approximate surface area is 109 Å². The molecule has 0 bridgehead atoms. The third-order valence-corrected chi connectivity index (χ3v) is 3.18. The molecule has 2 unspecified atom stereocenters. The molecule has 0 aliphatic carbocycles. The van der Waals surface area contributed by atoms with Crippen LogP contribution in [0.25, 0.3) is 0 Å². The third-order valence-electron chi connectivity index (χ3n) is 3.18. The van der Waals surface area contributed by atoms with E-state index in [4.69, 9.17) is 4.74 Å². The van der Waals surface area contributed by atoms with Crippen LogP contribution in [0.5, 0.6) is 0 Å². The molecule has 2 rings (SSSR count). The maximum Gasteiger partial charge on any atom is 0.121 e. The Morgan fingerprint density at radius 2 is 2.28 bits per heavy atom. The first kappa shape index (κ1) is 13.5. The van der Waals surface area contributed by atoms with Crippen molar-refractivity contribution >= 4 is 0 Å². The van der Waals surface area contributed by atoms with E-state index in [2.05, 4.69) is 28.6 Å². The smallest absolute Gasteiger partial charge is 0.121 e. The Hall–Kier alpha value is -0.970. The largest absolute Gasteiger partial charge is 0.362 e. The summed E-state index contributed by atoms with van der Waals surface area (Å²) in [6.07, 6.45) is 5.55. The number of ether oxygens (including phenoxy) is 1. The summed E-state index contributed by atoms with van der Waals surface area (Å²) in [6.45, 7) is 4.82. The van der Waals surface area contributed by atoms with E-state index in [0.717, 1.165) is 31.8 Å². The highest BCUT2D eigenvalue weighted by atomic mass is 16.5. The molecule has 1 saturated heterocycles. The summed E-state index contributed by atoms with van der Waals surface area (Å²) < 4.78 is 5.84. The summed E-state index contributed by atoms with van der Waals surface area (Å²) in [4.78, 5) is 4.39. The van der Waals surface area contributed by atoms with Crippen LogP contribution in [-0.4, -0.2) is 30.9 Å². The molecule has 1 aliphatic rings. The Kier molecular flexibility index (Phi) is 5.58. The van der Waals surface area contributed by atoms with Gasteiger partial charge in [-0.3, -0.25) is 10.3 Å². The Bertz CT molecular complexity index is 331. The quantitative estimate of drug-likeness (QED) is 0.755. The number of nitrogens with one attached hydrogen (secondary N) is 2. The van der Waals surface area contributed by atoms with E-state index in [-0.39, 0.29) is 12.3 Å². The van der Waals surface area contributed by atoms with Gasteiger partial charge in [0.1, 0.15) is 6.23 Å². The van der Waals surface area contributed by atoms with Gasteiger partial charge in [-0.1, -0.05) is 25.8 Å². The van der Waals surface area contributed by atoms with Crippen LogP contribution in [0.4, 0.5) is 0 Å². The molecule has 1 aliphatic heterocycles. The van der Waals surface area contributed by atoms with Crippen molar-refractivity contribution in [2.45, 2.75) is 38.5 Å². The molecule has 1 aromatic rings. The van der Waals surface area contributed by atoms with Crippen molar-refractivity contribution in [2.75, 3.05) is 19.7 Å². The zero-order chi connectivity index (χ0) is 12.6. The highest BCUT2D eigenvalue weighted by Crippen LogP contribution is 2.13. The van der Waals surface area contributed by atoms with Crippen molar-refractivity contribution in [2.24, 2.45) is 0 Å². The van der Waals surface area contributed by atoms with E-state index in [1.165, 1.54) is 12.8 Å². The lowest BCUT2D eigenvalue weighted by Gasteiger charge is -2.31. The summed E-state index contributed by atoms with van der Waals surface area (Å²) in [5.41, 5.74) is 1.08. The zero-order valence-electron chi connectivity index (χ0n) is 11.1. The highest BCUT2D eigenvalue weighted by Gasteiger charge is 2.22. The number of unbranched alkanes of at least 4 members (excludes halogenated alkanes) is 2. The normalized spacial score (nSPS) is 24.1. The highest BCUT2D eigenvalue weighted by molar-refractivity contribution is 5.10. The number of rotatable bonds is 6. The van der Waals surface area contributed by atoms with E-state index in [1.54, 1.807) is 0 Å². The van der Waals surface area contributed by atoms with Gasteiger partial charge < -0.3 is 10.1 Å². The molecule has 0 amide bonds. The molecular weight excluding hydrogens is 226 g/mol. The number of aromatic nitrogens is 1. The predicted molar refractivity (Wildman–Crippen MR) is 72.2 cm³/mol. The van der Waals surface area contributed by atoms with Crippen molar-refractivity contribution < 1.29 is 4.74 Å². The molecule has 100 valence electrons. The van der Waals surface area contributed by atoms with Gasteiger partial charge in [0.2, 0.25) is 0 Å². The molecule has 0 aromatic carbocycles. The molecule has 0 saturated carbocycles. The number of hydrogen-bond acceptors (Lipinski definition) is 4. The Morgan fingerprint density at radius 1 is 1.33 bits per heavy atom. The number of nitrogens with zero attached hydrogens (tertiary/aromatic N) is 1. The van der Waals surface area contributed by atoms with Crippen molar-refractivity contribution in [3.8, 4) is 0 Å². The summed E-state index contributed by atoms with van der Waals surface area (Å²) in [5, 5.41) is 6.90. The molecule has 2 N–H and O–H groups in total. The molecule has 0 radical (unpaired) electrons. The second-order valence-corrected chi connectivity index (χ2v) is 4.70. The Balaban J connectivity index is 1.78. The number of pyridine rings is 1. The second kappa shape index (κ2) is 7.46. The van der Waals surface area contributed by atoms with Crippen LogP contribution in [0, 0.1) is 0 Å². The van der Waals surface area contributed by atoms with E-state index < -0.39 is 0 Å². The summed E-state index contributed by atoms with van der Waals surface area (Å²) in [7, 11) is 0. The maximum atomic E-state index is 5.84. The molecule has 18 heavy (non-hydrogen) atoms. The molecule has 0 spiro atoms. The third kappa shape index (κ3) is 4.05. The van der Waals surface area contributed by atoms with E-state index in [9.17, 15) is 0 Å². The molecule has 2 atom stereocenters. The van der Waals surface area contributed by atoms with Gasteiger partial charge in [0.05, 0.1) is 11.7 Å². The maximum absolute atomic E-state index is 5.84. The minimum absolute atomic E-state index is 0.0996. The fourth-order valence-electron chi connectivity index (χ4n) is 2.16. The van der Waals surface area contributed by atoms with Crippen LogP contribution in [-0.2, 0) is 4.74 Å². The monoisotopic (exact) mass is 249 g/mol. The lowest BCUT2D eigenvalue weighted by atomic mass is 10.1. The first-order valence-corrected chi connectivity index (χ1v) is 6.89. The summed E-state index contributed by atoms with van der Waals surface area (Å²) >= 11 is 0. The Morgan fingerprint density at radius 3 is 3.06 bits per heavy atom. The van der Waals surface area contributed by atoms with Crippen LogP contribution < -0.4 is 10.6 Å². The minimum atomic E-state index is 0.0996. The van der Waals surface area contributed by atoms with Gasteiger partial charge in [-0.25, -0.2) is 0 Å². The van der Waals surface area contributed by atoms with Crippen molar-refractivity contribution in [3.63, 3.8) is 0 Å². The van der Waals surface area contributed by atoms with Crippen molar-refractivity contribution in [3.05, 3.63) is 30.1 Å². The average Bonchev–Trinajstić information content (AvgIpc) is 2.45. The average molecular weight is 249 g/mol. The zero-order valence-corrected chi connectivity index (χ0v) is 11.1. The molecule has 4 nitrogen and oxygen atoms in total. The molecule has 1 aromatic heterocycles. The number of hydrogen-bond donors (Lipinski definition) is 2. The minimum Gasteiger partial charge on any atom is -0.362 e. The van der Waals surface area contributed by atoms with Crippen molar-refractivity contribution in [1.82, 2.24) is 15.6 Å².